The number of aromatic nitrogens is 1. The lowest BCUT2D eigenvalue weighted by molar-refractivity contribution is 0.266. The Morgan fingerprint density at radius 1 is 0.839 bits per heavy atom. The molecule has 1 aliphatic rings. The standard InChI is InChI=1S/C29H32N2/c1-30(2)25-14-16-29-27(21-25)26-20-24(19-23-11-7-4-8-12-23)13-15-28(26)31(29)18-17-22-9-5-3-6-10-22/h3-13,15,20,25H,14,16-19,21H2,1-2H3. The van der Waals surface area contributed by atoms with Gasteiger partial charge in [-0.15, -0.1) is 0 Å². The van der Waals surface area contributed by atoms with Crippen LogP contribution in [0.5, 0.6) is 0 Å². The number of benzene rings is 3. The zero-order valence-corrected chi connectivity index (χ0v) is 18.7. The van der Waals surface area contributed by atoms with E-state index in [1.54, 1.807) is 11.3 Å². The van der Waals surface area contributed by atoms with Gasteiger partial charge in [-0.2, -0.15) is 0 Å². The molecule has 0 aliphatic heterocycles. The maximum atomic E-state index is 2.62. The second kappa shape index (κ2) is 8.72. The molecular weight excluding hydrogens is 376 g/mol. The Morgan fingerprint density at radius 2 is 1.55 bits per heavy atom. The predicted octanol–water partition coefficient (Wildman–Crippen LogP) is 5.89. The first-order valence-electron chi connectivity index (χ1n) is 11.6. The van der Waals surface area contributed by atoms with Crippen LogP contribution in [0.25, 0.3) is 10.9 Å². The van der Waals surface area contributed by atoms with E-state index < -0.39 is 0 Å². The lowest BCUT2D eigenvalue weighted by atomic mass is 9.90. The van der Waals surface area contributed by atoms with E-state index in [1.165, 1.54) is 40.4 Å². The van der Waals surface area contributed by atoms with Crippen molar-refractivity contribution in [2.75, 3.05) is 14.1 Å². The minimum atomic E-state index is 0.637. The molecule has 1 aromatic heterocycles. The van der Waals surface area contributed by atoms with Gasteiger partial charge >= 0.3 is 0 Å². The Bertz CT molecular complexity index is 1160. The first kappa shape index (κ1) is 20.1. The van der Waals surface area contributed by atoms with Crippen LogP contribution in [-0.2, 0) is 32.2 Å². The number of rotatable bonds is 6. The van der Waals surface area contributed by atoms with Crippen LogP contribution in [-0.4, -0.2) is 29.6 Å². The van der Waals surface area contributed by atoms with Gasteiger partial charge in [-0.25, -0.2) is 0 Å². The van der Waals surface area contributed by atoms with Crippen molar-refractivity contribution in [3.05, 3.63) is 107 Å². The SMILES string of the molecule is CN(C)C1CCc2c(c3cc(Cc4ccccc4)ccc3n2CCc2ccccc2)C1. The van der Waals surface area contributed by atoms with Crippen LogP contribution in [0.1, 0.15) is 34.4 Å². The van der Waals surface area contributed by atoms with Crippen molar-refractivity contribution < 1.29 is 0 Å². The van der Waals surface area contributed by atoms with Gasteiger partial charge in [-0.05, 0) is 80.6 Å². The summed E-state index contributed by atoms with van der Waals surface area (Å²) < 4.78 is 2.62. The highest BCUT2D eigenvalue weighted by molar-refractivity contribution is 5.87. The Morgan fingerprint density at radius 3 is 2.26 bits per heavy atom. The van der Waals surface area contributed by atoms with Crippen molar-refractivity contribution >= 4 is 10.9 Å². The molecule has 4 aromatic rings. The van der Waals surface area contributed by atoms with Gasteiger partial charge in [0.2, 0.25) is 0 Å². The Hall–Kier alpha value is -2.84. The van der Waals surface area contributed by atoms with Crippen LogP contribution in [0, 0.1) is 0 Å². The van der Waals surface area contributed by atoms with Crippen LogP contribution >= 0.6 is 0 Å². The molecule has 0 saturated carbocycles. The van der Waals surface area contributed by atoms with Gasteiger partial charge in [-0.1, -0.05) is 66.7 Å². The van der Waals surface area contributed by atoms with Gasteiger partial charge in [0.1, 0.15) is 0 Å². The Labute approximate surface area is 186 Å². The molecule has 0 saturated heterocycles. The van der Waals surface area contributed by atoms with E-state index in [1.807, 2.05) is 0 Å². The van der Waals surface area contributed by atoms with Gasteiger partial charge in [0.05, 0.1) is 0 Å². The van der Waals surface area contributed by atoms with Crippen molar-refractivity contribution in [2.45, 2.75) is 44.7 Å². The zero-order chi connectivity index (χ0) is 21.2. The second-order valence-electron chi connectivity index (χ2n) is 9.19. The van der Waals surface area contributed by atoms with Crippen LogP contribution in [0.3, 0.4) is 0 Å². The monoisotopic (exact) mass is 408 g/mol. The third kappa shape index (κ3) is 4.18. The number of hydrogen-bond acceptors (Lipinski definition) is 1. The zero-order valence-electron chi connectivity index (χ0n) is 18.7. The predicted molar refractivity (Wildman–Crippen MR) is 131 cm³/mol. The highest BCUT2D eigenvalue weighted by Gasteiger charge is 2.26. The maximum absolute atomic E-state index is 2.62. The normalized spacial score (nSPS) is 16.0. The van der Waals surface area contributed by atoms with Gasteiger partial charge in [0.25, 0.3) is 0 Å². The van der Waals surface area contributed by atoms with E-state index in [4.69, 9.17) is 0 Å². The van der Waals surface area contributed by atoms with Crippen LogP contribution in [0.2, 0.25) is 0 Å². The molecule has 2 nitrogen and oxygen atoms in total. The van der Waals surface area contributed by atoms with Crippen molar-refractivity contribution in [1.82, 2.24) is 9.47 Å². The molecule has 1 unspecified atom stereocenters. The topological polar surface area (TPSA) is 8.17 Å². The fourth-order valence-corrected chi connectivity index (χ4v) is 5.20. The molecule has 0 fully saturated rings. The largest absolute Gasteiger partial charge is 0.344 e. The number of hydrogen-bond donors (Lipinski definition) is 0. The maximum Gasteiger partial charge on any atom is 0.0485 e. The van der Waals surface area contributed by atoms with Crippen LogP contribution in [0.4, 0.5) is 0 Å². The van der Waals surface area contributed by atoms with Gasteiger partial charge in [0.15, 0.2) is 0 Å². The number of likely N-dealkylation sites (N-methyl/N-ethyl adjacent to an activating group) is 1. The molecule has 0 N–H and O–H groups in total. The quantitative estimate of drug-likeness (QED) is 0.386. The van der Waals surface area contributed by atoms with E-state index in [0.717, 1.165) is 25.8 Å². The Kier molecular flexibility index (Phi) is 5.65. The van der Waals surface area contributed by atoms with Crippen molar-refractivity contribution in [3.63, 3.8) is 0 Å². The van der Waals surface area contributed by atoms with Gasteiger partial charge in [-0.3, -0.25) is 0 Å². The molecule has 0 bridgehead atoms. The molecule has 1 atom stereocenters. The first-order valence-corrected chi connectivity index (χ1v) is 11.6. The van der Waals surface area contributed by atoms with Gasteiger partial charge < -0.3 is 9.47 Å². The molecule has 0 spiro atoms. The van der Waals surface area contributed by atoms with E-state index in [-0.39, 0.29) is 0 Å². The fourth-order valence-electron chi connectivity index (χ4n) is 5.20. The Balaban J connectivity index is 1.53. The smallest absolute Gasteiger partial charge is 0.0485 e. The molecule has 0 amide bonds. The highest BCUT2D eigenvalue weighted by atomic mass is 15.1. The van der Waals surface area contributed by atoms with E-state index in [9.17, 15) is 0 Å². The molecule has 1 heterocycles. The third-order valence-electron chi connectivity index (χ3n) is 6.95. The minimum Gasteiger partial charge on any atom is -0.344 e. The van der Waals surface area contributed by atoms with E-state index in [2.05, 4.69) is 102 Å². The lowest BCUT2D eigenvalue weighted by Gasteiger charge is -2.29. The molecule has 3 aromatic carbocycles. The summed E-state index contributed by atoms with van der Waals surface area (Å²) in [6.07, 6.45) is 5.66. The van der Waals surface area contributed by atoms with Gasteiger partial charge in [0, 0.05) is 29.2 Å². The first-order chi connectivity index (χ1) is 15.2. The highest BCUT2D eigenvalue weighted by Crippen LogP contribution is 2.34. The summed E-state index contributed by atoms with van der Waals surface area (Å²) in [5.74, 6) is 0. The summed E-state index contributed by atoms with van der Waals surface area (Å²) in [7, 11) is 4.45. The second-order valence-corrected chi connectivity index (χ2v) is 9.19. The molecule has 2 heteroatoms. The van der Waals surface area contributed by atoms with Crippen LogP contribution in [0.15, 0.2) is 78.9 Å². The minimum absolute atomic E-state index is 0.637. The summed E-state index contributed by atoms with van der Waals surface area (Å²) in [6.45, 7) is 1.06. The summed E-state index contributed by atoms with van der Waals surface area (Å²) in [5.41, 5.74) is 8.78. The lowest BCUT2D eigenvalue weighted by Crippen LogP contribution is -2.33. The fraction of sp³-hybridized carbons (Fsp3) is 0.310. The average Bonchev–Trinajstić information content (AvgIpc) is 3.11. The number of aryl methyl sites for hydroxylation is 2. The molecule has 31 heavy (non-hydrogen) atoms. The molecule has 1 aliphatic carbocycles. The average molecular weight is 409 g/mol. The summed E-state index contributed by atoms with van der Waals surface area (Å²) >= 11 is 0. The molecule has 0 radical (unpaired) electrons. The number of nitrogens with zero attached hydrogens (tertiary/aromatic N) is 2. The molecular formula is C29H32N2. The van der Waals surface area contributed by atoms with Crippen molar-refractivity contribution in [3.8, 4) is 0 Å². The summed E-state index contributed by atoms with van der Waals surface area (Å²) in [6, 6.07) is 29.5. The van der Waals surface area contributed by atoms with Crippen LogP contribution < -0.4 is 0 Å². The molecule has 5 rings (SSSR count). The van der Waals surface area contributed by atoms with Crippen molar-refractivity contribution in [2.24, 2.45) is 0 Å². The van der Waals surface area contributed by atoms with E-state index in [0.29, 0.717) is 6.04 Å². The number of fused-ring (bicyclic) bond motifs is 3. The summed E-state index contributed by atoms with van der Waals surface area (Å²) in [5, 5.41) is 1.48. The third-order valence-corrected chi connectivity index (χ3v) is 6.95. The molecule has 158 valence electrons. The van der Waals surface area contributed by atoms with E-state index >= 15 is 0 Å². The summed E-state index contributed by atoms with van der Waals surface area (Å²) in [4.78, 5) is 2.41. The van der Waals surface area contributed by atoms with Crippen molar-refractivity contribution in [1.29, 1.82) is 0 Å².